The fourth-order valence-corrected chi connectivity index (χ4v) is 1.72. The smallest absolute Gasteiger partial charge is 0.308 e. The zero-order chi connectivity index (χ0) is 8.43. The van der Waals surface area contributed by atoms with Crippen molar-refractivity contribution in [2.24, 2.45) is 0 Å². The van der Waals surface area contributed by atoms with Crippen molar-refractivity contribution >= 4 is 40.7 Å². The Kier molecular flexibility index (Phi) is 2.70. The highest BCUT2D eigenvalue weighted by Gasteiger charge is 2.12. The van der Waals surface area contributed by atoms with Gasteiger partial charge in [-0.25, -0.2) is 0 Å². The second-order valence-corrected chi connectivity index (χ2v) is 3.37. The highest BCUT2D eigenvalue weighted by molar-refractivity contribution is 7.07. The van der Waals surface area contributed by atoms with Crippen LogP contribution in [0.4, 0.5) is 0 Å². The van der Waals surface area contributed by atoms with E-state index in [4.69, 9.17) is 28.3 Å². The Morgan fingerprint density at radius 1 is 1.64 bits per heavy atom. The van der Waals surface area contributed by atoms with E-state index in [1.807, 2.05) is 0 Å². The monoisotopic (exact) mass is 211 g/mol. The van der Waals surface area contributed by atoms with Gasteiger partial charge >= 0.3 is 5.97 Å². The van der Waals surface area contributed by atoms with Crippen molar-refractivity contribution in [2.45, 2.75) is 6.42 Å². The Balaban J connectivity index is 2.87. The molecule has 1 heterocycles. The Morgan fingerprint density at radius 2 is 2.27 bits per heavy atom. The normalized spacial score (nSPS) is 10.0. The molecule has 0 unspecified atom stereocenters. The molecule has 0 bridgehead atoms. The molecule has 60 valence electrons. The van der Waals surface area contributed by atoms with Crippen molar-refractivity contribution in [2.75, 3.05) is 0 Å². The number of carboxylic acid groups (broad SMARTS) is 1. The van der Waals surface area contributed by atoms with Crippen LogP contribution < -0.4 is 0 Å². The van der Waals surface area contributed by atoms with Crippen LogP contribution in [0.25, 0.3) is 0 Å². The zero-order valence-electron chi connectivity index (χ0n) is 5.17. The largest absolute Gasteiger partial charge is 0.481 e. The molecule has 3 nitrogen and oxygen atoms in total. The molecule has 0 saturated heterocycles. The van der Waals surface area contributed by atoms with Gasteiger partial charge in [0, 0.05) is 0 Å². The first-order valence-corrected chi connectivity index (χ1v) is 4.15. The first-order chi connectivity index (χ1) is 5.11. The van der Waals surface area contributed by atoms with Crippen LogP contribution in [0.15, 0.2) is 0 Å². The van der Waals surface area contributed by atoms with Crippen molar-refractivity contribution < 1.29 is 9.90 Å². The van der Waals surface area contributed by atoms with Gasteiger partial charge in [-0.15, -0.1) is 0 Å². The number of aromatic nitrogens is 1. The second-order valence-electron chi connectivity index (χ2n) is 1.78. The summed E-state index contributed by atoms with van der Waals surface area (Å²) in [4.78, 5) is 10.7. The topological polar surface area (TPSA) is 50.2 Å². The zero-order valence-corrected chi connectivity index (χ0v) is 7.50. The molecule has 0 aromatic carbocycles. The first kappa shape index (κ1) is 8.77. The van der Waals surface area contributed by atoms with E-state index in [1.165, 1.54) is 0 Å². The van der Waals surface area contributed by atoms with E-state index in [0.717, 1.165) is 11.5 Å². The lowest BCUT2D eigenvalue weighted by Gasteiger charge is -1.88. The molecule has 0 saturated carbocycles. The molecule has 0 aliphatic carbocycles. The average molecular weight is 212 g/mol. The summed E-state index contributed by atoms with van der Waals surface area (Å²) in [5.41, 5.74) is 0. The van der Waals surface area contributed by atoms with Crippen LogP contribution in [0, 0.1) is 0 Å². The minimum atomic E-state index is -0.938. The van der Waals surface area contributed by atoms with Crippen LogP contribution in [-0.2, 0) is 11.2 Å². The minimum absolute atomic E-state index is 0.122. The van der Waals surface area contributed by atoms with Crippen LogP contribution >= 0.6 is 34.7 Å². The molecule has 0 radical (unpaired) electrons. The van der Waals surface area contributed by atoms with Crippen LogP contribution in [0.1, 0.15) is 4.88 Å². The van der Waals surface area contributed by atoms with E-state index in [0.29, 0.717) is 4.88 Å². The fourth-order valence-electron chi connectivity index (χ4n) is 0.538. The number of nitrogens with zero attached hydrogens (tertiary/aromatic N) is 1. The fraction of sp³-hybridized carbons (Fsp3) is 0.200. The standard InChI is InChI=1S/C5H3Cl2NO2S/c6-4-2(1-3(9)10)11-8-5(4)7/h1H2,(H,9,10). The quantitative estimate of drug-likeness (QED) is 0.816. The van der Waals surface area contributed by atoms with Gasteiger partial charge in [0.2, 0.25) is 0 Å². The molecule has 0 atom stereocenters. The molecule has 11 heavy (non-hydrogen) atoms. The van der Waals surface area contributed by atoms with Gasteiger partial charge < -0.3 is 5.11 Å². The summed E-state index contributed by atoms with van der Waals surface area (Å²) in [6, 6.07) is 0. The van der Waals surface area contributed by atoms with Gasteiger partial charge in [-0.3, -0.25) is 4.79 Å². The summed E-state index contributed by atoms with van der Waals surface area (Å²) in [5.74, 6) is -0.938. The van der Waals surface area contributed by atoms with Crippen molar-refractivity contribution in [3.05, 3.63) is 15.1 Å². The molecular formula is C5H3Cl2NO2S. The molecule has 6 heteroatoms. The molecule has 1 rings (SSSR count). The third-order valence-corrected chi connectivity index (χ3v) is 2.81. The summed E-state index contributed by atoms with van der Waals surface area (Å²) in [6.45, 7) is 0. The molecule has 0 spiro atoms. The molecule has 0 aliphatic rings. The lowest BCUT2D eigenvalue weighted by atomic mass is 10.4. The predicted molar refractivity (Wildman–Crippen MR) is 43.5 cm³/mol. The van der Waals surface area contributed by atoms with E-state index < -0.39 is 5.97 Å². The molecule has 1 aromatic heterocycles. The molecule has 1 aromatic rings. The summed E-state index contributed by atoms with van der Waals surface area (Å²) in [7, 11) is 0. The lowest BCUT2D eigenvalue weighted by Crippen LogP contribution is -1.97. The van der Waals surface area contributed by atoms with Crippen LogP contribution in [0.5, 0.6) is 0 Å². The average Bonchev–Trinajstić information content (AvgIpc) is 2.18. The Bertz CT molecular complexity index is 286. The summed E-state index contributed by atoms with van der Waals surface area (Å²) in [5, 5.41) is 8.80. The molecule has 0 fully saturated rings. The van der Waals surface area contributed by atoms with Crippen molar-refractivity contribution in [1.82, 2.24) is 4.37 Å². The number of aliphatic carboxylic acids is 1. The number of carbonyl (C=O) groups is 1. The molecule has 1 N–H and O–H groups in total. The van der Waals surface area contributed by atoms with Gasteiger partial charge in [-0.1, -0.05) is 23.2 Å². The van der Waals surface area contributed by atoms with Gasteiger partial charge in [0.25, 0.3) is 0 Å². The summed E-state index contributed by atoms with van der Waals surface area (Å²) >= 11 is 12.1. The molecular weight excluding hydrogens is 209 g/mol. The van der Waals surface area contributed by atoms with Crippen LogP contribution in [-0.4, -0.2) is 15.4 Å². The number of hydrogen-bond acceptors (Lipinski definition) is 3. The highest BCUT2D eigenvalue weighted by atomic mass is 35.5. The molecule has 0 amide bonds. The number of halogens is 2. The number of rotatable bonds is 2. The van der Waals surface area contributed by atoms with Crippen molar-refractivity contribution in [1.29, 1.82) is 0 Å². The van der Waals surface area contributed by atoms with Gasteiger partial charge in [0.15, 0.2) is 5.15 Å². The van der Waals surface area contributed by atoms with E-state index in [9.17, 15) is 4.79 Å². The Hall–Kier alpha value is -0.320. The maximum Gasteiger partial charge on any atom is 0.308 e. The van der Waals surface area contributed by atoms with E-state index in [2.05, 4.69) is 4.37 Å². The SMILES string of the molecule is O=C(O)Cc1snc(Cl)c1Cl. The summed E-state index contributed by atoms with van der Waals surface area (Å²) in [6.07, 6.45) is -0.122. The summed E-state index contributed by atoms with van der Waals surface area (Å²) < 4.78 is 3.68. The maximum atomic E-state index is 10.2. The van der Waals surface area contributed by atoms with Gasteiger partial charge in [-0.2, -0.15) is 4.37 Å². The highest BCUT2D eigenvalue weighted by Crippen LogP contribution is 2.28. The maximum absolute atomic E-state index is 10.2. The minimum Gasteiger partial charge on any atom is -0.481 e. The number of hydrogen-bond donors (Lipinski definition) is 1. The Morgan fingerprint density at radius 3 is 2.64 bits per heavy atom. The van der Waals surface area contributed by atoms with Crippen molar-refractivity contribution in [3.8, 4) is 0 Å². The van der Waals surface area contributed by atoms with Crippen molar-refractivity contribution in [3.63, 3.8) is 0 Å². The lowest BCUT2D eigenvalue weighted by molar-refractivity contribution is -0.136. The van der Waals surface area contributed by atoms with E-state index >= 15 is 0 Å². The van der Waals surface area contributed by atoms with Gasteiger partial charge in [-0.05, 0) is 11.5 Å². The van der Waals surface area contributed by atoms with Gasteiger partial charge in [0.1, 0.15) is 0 Å². The van der Waals surface area contributed by atoms with Gasteiger partial charge in [0.05, 0.1) is 16.3 Å². The molecule has 0 aliphatic heterocycles. The predicted octanol–water partition coefficient (Wildman–Crippen LogP) is 2.08. The van der Waals surface area contributed by atoms with Crippen LogP contribution in [0.3, 0.4) is 0 Å². The number of carboxylic acids is 1. The third-order valence-electron chi connectivity index (χ3n) is 0.974. The van der Waals surface area contributed by atoms with E-state index in [-0.39, 0.29) is 16.6 Å². The Labute approximate surface area is 76.7 Å². The van der Waals surface area contributed by atoms with E-state index in [1.54, 1.807) is 0 Å². The second kappa shape index (κ2) is 3.38. The van der Waals surface area contributed by atoms with Crippen LogP contribution in [0.2, 0.25) is 10.2 Å². The first-order valence-electron chi connectivity index (χ1n) is 2.62. The third kappa shape index (κ3) is 2.05.